The average molecular weight is 1200 g/mol. The van der Waals surface area contributed by atoms with Gasteiger partial charge in [0.15, 0.2) is 11.6 Å². The van der Waals surface area contributed by atoms with E-state index in [0.717, 1.165) is 67.4 Å². The first-order valence-corrected chi connectivity index (χ1v) is 28.1. The standard InChI is InChI=1S/C24H38N4O4.C17H24N4O4.2C7H12O4.C2H6.2CHN/c1-7-13-24(6,8-2)21(23(3,4)5)32-22(29)30-14-16-9-12-19(31-16)17-10-11-18-20(25)26-15-27-28(17)18;1-17(2,3)9-24-16(22)23-8-11-4-7-14(25-11)12-5-6-13-15(18)19-10-20-21(12)13;2*1-7(2,3-5(8)9)4-6(10)11;3*1-2/h10-11,15-16,19,21H,7-9,12-14H2,1-6H3,(H2,25,26,27);5-6,10-11,14H,4,7-9H2,1-3H3,(H2,18,19,20);2*3-4H2,1-2H3,(H,8,9)(H,10,11);1-2H3;2*1H. The highest BCUT2D eigenvalue weighted by Gasteiger charge is 2.43. The van der Waals surface area contributed by atoms with Crippen molar-refractivity contribution in [3.63, 3.8) is 0 Å². The number of nitrogens with two attached hydrogens (primary N) is 2. The molecule has 0 aromatic carbocycles. The third-order valence-electron chi connectivity index (χ3n) is 13.1. The number of carbonyl (C=O) groups is 6. The molecule has 26 heteroatoms. The lowest BCUT2D eigenvalue weighted by Gasteiger charge is -2.43. The van der Waals surface area contributed by atoms with Crippen molar-refractivity contribution in [1.82, 2.24) is 29.2 Å². The Morgan fingerprint density at radius 2 is 0.976 bits per heavy atom. The van der Waals surface area contributed by atoms with Gasteiger partial charge in [-0.25, -0.2) is 39.1 Å². The number of ether oxygens (including phenoxy) is 6. The molecule has 2 fully saturated rings. The van der Waals surface area contributed by atoms with Crippen LogP contribution in [-0.2, 0) is 47.6 Å². The van der Waals surface area contributed by atoms with Crippen LogP contribution < -0.4 is 11.5 Å². The van der Waals surface area contributed by atoms with Crippen LogP contribution in [-0.4, -0.2) is 124 Å². The lowest BCUT2D eigenvalue weighted by atomic mass is 9.68. The molecule has 6 heterocycles. The van der Waals surface area contributed by atoms with Crippen molar-refractivity contribution >= 4 is 58.9 Å². The van der Waals surface area contributed by atoms with Crippen LogP contribution in [0, 0.1) is 50.7 Å². The second-order valence-electron chi connectivity index (χ2n) is 24.3. The van der Waals surface area contributed by atoms with Gasteiger partial charge in [0.05, 0.1) is 55.9 Å². The van der Waals surface area contributed by atoms with E-state index in [1.54, 1.807) is 36.7 Å². The van der Waals surface area contributed by atoms with Gasteiger partial charge in [-0.3, -0.25) is 19.2 Å². The molecule has 6 atom stereocenters. The highest BCUT2D eigenvalue weighted by atomic mass is 16.7. The van der Waals surface area contributed by atoms with Crippen molar-refractivity contribution in [2.24, 2.45) is 27.1 Å². The Labute approximate surface area is 499 Å². The Balaban J connectivity index is 0.00000117. The zero-order valence-electron chi connectivity index (χ0n) is 52.3. The number of aliphatic carboxylic acids is 4. The molecular weight excluding hydrogens is 1100 g/mol. The summed E-state index contributed by atoms with van der Waals surface area (Å²) in [7, 11) is 0. The second-order valence-corrected chi connectivity index (χ2v) is 24.3. The minimum atomic E-state index is -0.962. The minimum absolute atomic E-state index is 0.0895. The summed E-state index contributed by atoms with van der Waals surface area (Å²) in [5, 5.41) is 55.0. The topological polar surface area (TPSA) is 399 Å². The van der Waals surface area contributed by atoms with Gasteiger partial charge in [-0.15, -0.1) is 0 Å². The van der Waals surface area contributed by atoms with Crippen molar-refractivity contribution in [2.45, 2.75) is 205 Å². The molecule has 8 N–H and O–H groups in total. The monoisotopic (exact) mass is 1200 g/mol. The van der Waals surface area contributed by atoms with Crippen LogP contribution in [0.25, 0.3) is 11.0 Å². The molecule has 6 unspecified atom stereocenters. The van der Waals surface area contributed by atoms with Crippen molar-refractivity contribution in [2.75, 3.05) is 31.3 Å². The molecule has 4 aromatic rings. The molecule has 0 spiro atoms. The Bertz CT molecular complexity index is 2680. The summed E-state index contributed by atoms with van der Waals surface area (Å²) >= 11 is 0. The maximum Gasteiger partial charge on any atom is 0.508 e. The van der Waals surface area contributed by atoms with Crippen LogP contribution in [0.4, 0.5) is 21.2 Å². The molecule has 2 aliphatic heterocycles. The fraction of sp³-hybridized carbons (Fsp3) is 0.661. The van der Waals surface area contributed by atoms with Crippen molar-refractivity contribution < 1.29 is 77.6 Å². The van der Waals surface area contributed by atoms with E-state index in [9.17, 15) is 28.8 Å². The third-order valence-corrected chi connectivity index (χ3v) is 13.1. The molecule has 0 bridgehead atoms. The molecule has 4 aromatic heterocycles. The molecule has 0 radical (unpaired) electrons. The Hall–Kier alpha value is -7.84. The number of nitrogen functional groups attached to an aromatic ring is 2. The first-order chi connectivity index (χ1) is 39.6. The van der Waals surface area contributed by atoms with Crippen LogP contribution in [0.1, 0.15) is 198 Å². The number of aromatic nitrogens is 6. The van der Waals surface area contributed by atoms with E-state index >= 15 is 0 Å². The highest BCUT2D eigenvalue weighted by molar-refractivity contribution is 5.72. The predicted octanol–water partition coefficient (Wildman–Crippen LogP) is 11.3. The molecular formula is C59H94N10O16. The largest absolute Gasteiger partial charge is 0.508 e. The fourth-order valence-electron chi connectivity index (χ4n) is 9.49. The molecule has 6 rings (SSSR count). The predicted molar refractivity (Wildman–Crippen MR) is 315 cm³/mol. The van der Waals surface area contributed by atoms with Crippen LogP contribution in [0.3, 0.4) is 0 Å². The van der Waals surface area contributed by atoms with E-state index in [2.05, 4.69) is 74.9 Å². The number of nitriles is 2. The van der Waals surface area contributed by atoms with E-state index in [-0.39, 0.29) is 85.7 Å². The van der Waals surface area contributed by atoms with Crippen molar-refractivity contribution in [1.29, 1.82) is 10.5 Å². The lowest BCUT2D eigenvalue weighted by molar-refractivity contribution is -0.144. The summed E-state index contributed by atoms with van der Waals surface area (Å²) < 4.78 is 37.3. The van der Waals surface area contributed by atoms with Gasteiger partial charge in [0, 0.05) is 18.6 Å². The van der Waals surface area contributed by atoms with Gasteiger partial charge < -0.3 is 60.3 Å². The number of hydrogen-bond donors (Lipinski definition) is 6. The van der Waals surface area contributed by atoms with Crippen molar-refractivity contribution in [3.8, 4) is 13.1 Å². The molecule has 476 valence electrons. The molecule has 85 heavy (non-hydrogen) atoms. The molecule has 0 saturated carbocycles. The molecule has 2 saturated heterocycles. The number of hydrogen-bond acceptors (Lipinski definition) is 20. The summed E-state index contributed by atoms with van der Waals surface area (Å²) in [4.78, 5) is 73.1. The van der Waals surface area contributed by atoms with Gasteiger partial charge in [-0.05, 0) is 84.5 Å². The fourth-order valence-corrected chi connectivity index (χ4v) is 9.49. The van der Waals surface area contributed by atoms with Crippen molar-refractivity contribution in [3.05, 3.63) is 48.3 Å². The quantitative estimate of drug-likeness (QED) is 0.0448. The summed E-state index contributed by atoms with van der Waals surface area (Å²) in [6.45, 7) is 37.0. The minimum Gasteiger partial charge on any atom is -0.481 e. The number of carboxylic acid groups (broad SMARTS) is 4. The van der Waals surface area contributed by atoms with E-state index in [0.29, 0.717) is 18.2 Å². The van der Waals surface area contributed by atoms with Gasteiger partial charge in [0.2, 0.25) is 0 Å². The number of carboxylic acids is 4. The summed E-state index contributed by atoms with van der Waals surface area (Å²) in [5.41, 5.74) is 13.4. The molecule has 2 aliphatic rings. The first kappa shape index (κ1) is 77.2. The number of rotatable bonds is 20. The van der Waals surface area contributed by atoms with Gasteiger partial charge in [-0.1, -0.05) is 110 Å². The first-order valence-electron chi connectivity index (χ1n) is 28.1. The van der Waals surface area contributed by atoms with Crippen LogP contribution in [0.15, 0.2) is 36.9 Å². The maximum absolute atomic E-state index is 12.6. The molecule has 0 aliphatic carbocycles. The maximum atomic E-state index is 12.6. The Morgan fingerprint density at radius 3 is 1.29 bits per heavy atom. The number of carbonyl (C=O) groups excluding carboxylic acids is 2. The smallest absolute Gasteiger partial charge is 0.481 e. The van der Waals surface area contributed by atoms with Crippen LogP contribution in [0.5, 0.6) is 0 Å². The zero-order chi connectivity index (χ0) is 65.7. The second kappa shape index (κ2) is 36.1. The van der Waals surface area contributed by atoms with Crippen LogP contribution in [0.2, 0.25) is 0 Å². The van der Waals surface area contributed by atoms with E-state index in [1.807, 2.05) is 58.9 Å². The average Bonchev–Trinajstić information content (AvgIpc) is 2.42. The Kier molecular flexibility index (Phi) is 32.8. The number of nitrogens with zero attached hydrogens (tertiary/aromatic N) is 8. The van der Waals surface area contributed by atoms with Gasteiger partial charge >= 0.3 is 36.2 Å². The van der Waals surface area contributed by atoms with Crippen LogP contribution >= 0.6 is 0 Å². The number of anilines is 2. The summed E-state index contributed by atoms with van der Waals surface area (Å²) in [6, 6.07) is 7.66. The molecule has 0 amide bonds. The van der Waals surface area contributed by atoms with Gasteiger partial charge in [0.1, 0.15) is 55.2 Å². The summed E-state index contributed by atoms with van der Waals surface area (Å²) in [6.07, 6.45) is 6.50. The van der Waals surface area contributed by atoms with Gasteiger partial charge in [-0.2, -0.15) is 10.2 Å². The summed E-state index contributed by atoms with van der Waals surface area (Å²) in [5.74, 6) is -2.98. The molecule has 26 nitrogen and oxygen atoms in total. The zero-order valence-corrected chi connectivity index (χ0v) is 52.3. The normalized spacial score (nSPS) is 17.4. The Morgan fingerprint density at radius 1 is 0.612 bits per heavy atom. The van der Waals surface area contributed by atoms with E-state index in [1.165, 1.54) is 12.7 Å². The number of fused-ring (bicyclic) bond motifs is 2. The SMILES string of the molecule is C#N.C#N.CC.CC(C)(C)COC(=O)OCC1CCC(c2ccc3c(N)ncnn23)O1.CC(C)(CC(=O)O)CC(=O)O.CC(C)(CC(=O)O)CC(=O)O.CCCC(C)(CC)C(OC(=O)OCC1CCC(c2ccc3c(N)ncnn23)O1)C(C)(C)C. The van der Waals surface area contributed by atoms with E-state index < -0.39 is 47.0 Å². The third kappa shape index (κ3) is 27.6. The highest BCUT2D eigenvalue weighted by Crippen LogP contribution is 2.43. The lowest BCUT2D eigenvalue weighted by Crippen LogP contribution is -2.45. The van der Waals surface area contributed by atoms with Gasteiger partial charge in [0.25, 0.3) is 0 Å². The van der Waals surface area contributed by atoms with E-state index in [4.69, 9.17) is 70.8 Å².